The SMILES string of the molecule is CCCNC1CCCCC1CN(C)CC1CCOCC1. The van der Waals surface area contributed by atoms with Crippen LogP contribution in [-0.4, -0.2) is 50.8 Å². The van der Waals surface area contributed by atoms with Crippen LogP contribution in [0.25, 0.3) is 0 Å². The van der Waals surface area contributed by atoms with Gasteiger partial charge in [-0.1, -0.05) is 19.8 Å². The van der Waals surface area contributed by atoms with E-state index in [2.05, 4.69) is 24.2 Å². The quantitative estimate of drug-likeness (QED) is 0.777. The smallest absolute Gasteiger partial charge is 0.0469 e. The normalized spacial score (nSPS) is 28.9. The monoisotopic (exact) mass is 282 g/mol. The van der Waals surface area contributed by atoms with E-state index in [1.807, 2.05) is 0 Å². The van der Waals surface area contributed by atoms with Gasteiger partial charge < -0.3 is 15.0 Å². The minimum absolute atomic E-state index is 0.765. The van der Waals surface area contributed by atoms with E-state index in [9.17, 15) is 0 Å². The van der Waals surface area contributed by atoms with Crippen LogP contribution in [0.1, 0.15) is 51.9 Å². The third kappa shape index (κ3) is 5.34. The molecule has 2 aliphatic rings. The molecule has 0 aromatic heterocycles. The summed E-state index contributed by atoms with van der Waals surface area (Å²) in [5.41, 5.74) is 0. The Morgan fingerprint density at radius 3 is 2.55 bits per heavy atom. The van der Waals surface area contributed by atoms with Crippen LogP contribution >= 0.6 is 0 Å². The molecule has 2 rings (SSSR count). The highest BCUT2D eigenvalue weighted by Crippen LogP contribution is 2.26. The first-order valence-corrected chi connectivity index (χ1v) is 8.79. The Bertz CT molecular complexity index is 253. The highest BCUT2D eigenvalue weighted by atomic mass is 16.5. The topological polar surface area (TPSA) is 24.5 Å². The van der Waals surface area contributed by atoms with Crippen molar-refractivity contribution >= 4 is 0 Å². The largest absolute Gasteiger partial charge is 0.381 e. The number of hydrogen-bond acceptors (Lipinski definition) is 3. The Morgan fingerprint density at radius 2 is 1.80 bits per heavy atom. The van der Waals surface area contributed by atoms with Gasteiger partial charge in [0.25, 0.3) is 0 Å². The Morgan fingerprint density at radius 1 is 1.05 bits per heavy atom. The van der Waals surface area contributed by atoms with E-state index in [4.69, 9.17) is 4.74 Å². The van der Waals surface area contributed by atoms with Gasteiger partial charge in [-0.3, -0.25) is 0 Å². The second-order valence-electron chi connectivity index (χ2n) is 6.88. The van der Waals surface area contributed by atoms with Gasteiger partial charge in [0.2, 0.25) is 0 Å². The fraction of sp³-hybridized carbons (Fsp3) is 1.00. The molecule has 2 atom stereocenters. The average molecular weight is 282 g/mol. The molecule has 1 saturated heterocycles. The van der Waals surface area contributed by atoms with E-state index in [1.165, 1.54) is 64.6 Å². The number of nitrogens with zero attached hydrogens (tertiary/aromatic N) is 1. The van der Waals surface area contributed by atoms with Gasteiger partial charge in [0.15, 0.2) is 0 Å². The molecule has 0 aromatic carbocycles. The number of nitrogens with one attached hydrogen (secondary N) is 1. The first kappa shape index (κ1) is 16.3. The Labute approximate surface area is 125 Å². The van der Waals surface area contributed by atoms with Gasteiger partial charge >= 0.3 is 0 Å². The summed E-state index contributed by atoms with van der Waals surface area (Å²) < 4.78 is 5.46. The van der Waals surface area contributed by atoms with Gasteiger partial charge in [-0.15, -0.1) is 0 Å². The summed E-state index contributed by atoms with van der Waals surface area (Å²) in [5.74, 6) is 1.72. The maximum absolute atomic E-state index is 5.46. The number of hydrogen-bond donors (Lipinski definition) is 1. The van der Waals surface area contributed by atoms with Gasteiger partial charge in [0.1, 0.15) is 0 Å². The third-order valence-corrected chi connectivity index (χ3v) is 5.02. The van der Waals surface area contributed by atoms with Crippen molar-refractivity contribution in [1.29, 1.82) is 0 Å². The van der Waals surface area contributed by atoms with Gasteiger partial charge in [-0.2, -0.15) is 0 Å². The third-order valence-electron chi connectivity index (χ3n) is 5.02. The summed E-state index contributed by atoms with van der Waals surface area (Å²) in [5, 5.41) is 3.78. The molecule has 20 heavy (non-hydrogen) atoms. The Kier molecular flexibility index (Phi) is 7.32. The van der Waals surface area contributed by atoms with E-state index < -0.39 is 0 Å². The predicted octanol–water partition coefficient (Wildman–Crippen LogP) is 2.90. The molecular weight excluding hydrogens is 248 g/mol. The lowest BCUT2D eigenvalue weighted by molar-refractivity contribution is 0.0520. The van der Waals surface area contributed by atoms with Crippen LogP contribution in [0.4, 0.5) is 0 Å². The molecule has 3 heteroatoms. The zero-order valence-corrected chi connectivity index (χ0v) is 13.6. The van der Waals surface area contributed by atoms with Crippen LogP contribution in [0, 0.1) is 11.8 Å². The summed E-state index contributed by atoms with van der Waals surface area (Å²) >= 11 is 0. The second-order valence-corrected chi connectivity index (χ2v) is 6.88. The molecule has 0 bridgehead atoms. The molecule has 2 fully saturated rings. The van der Waals surface area contributed by atoms with Crippen LogP contribution in [-0.2, 0) is 4.74 Å². The van der Waals surface area contributed by atoms with Crippen LogP contribution in [0.2, 0.25) is 0 Å². The van der Waals surface area contributed by atoms with Gasteiger partial charge in [-0.25, -0.2) is 0 Å². The van der Waals surface area contributed by atoms with Crippen molar-refractivity contribution in [2.24, 2.45) is 11.8 Å². The van der Waals surface area contributed by atoms with E-state index in [1.54, 1.807) is 0 Å². The van der Waals surface area contributed by atoms with Crippen molar-refractivity contribution in [2.45, 2.75) is 57.9 Å². The summed E-state index contributed by atoms with van der Waals surface area (Å²) in [6, 6.07) is 0.765. The Balaban J connectivity index is 1.73. The van der Waals surface area contributed by atoms with E-state index in [0.717, 1.165) is 31.1 Å². The zero-order valence-electron chi connectivity index (χ0n) is 13.6. The van der Waals surface area contributed by atoms with Crippen LogP contribution in [0.3, 0.4) is 0 Å². The molecule has 0 radical (unpaired) electrons. The maximum Gasteiger partial charge on any atom is 0.0469 e. The first-order chi connectivity index (χ1) is 9.79. The van der Waals surface area contributed by atoms with Crippen molar-refractivity contribution in [1.82, 2.24) is 10.2 Å². The molecule has 3 nitrogen and oxygen atoms in total. The van der Waals surface area contributed by atoms with Crippen molar-refractivity contribution in [2.75, 3.05) is 39.9 Å². The molecule has 1 aliphatic carbocycles. The van der Waals surface area contributed by atoms with Crippen molar-refractivity contribution < 1.29 is 4.74 Å². The molecule has 0 amide bonds. The fourth-order valence-electron chi connectivity index (χ4n) is 3.87. The molecule has 2 unspecified atom stereocenters. The molecular formula is C17H34N2O. The molecule has 1 heterocycles. The van der Waals surface area contributed by atoms with E-state index >= 15 is 0 Å². The van der Waals surface area contributed by atoms with E-state index in [-0.39, 0.29) is 0 Å². The van der Waals surface area contributed by atoms with Gasteiger partial charge in [0, 0.05) is 32.3 Å². The number of rotatable bonds is 7. The molecule has 118 valence electrons. The fourth-order valence-corrected chi connectivity index (χ4v) is 3.87. The van der Waals surface area contributed by atoms with E-state index in [0.29, 0.717) is 0 Å². The second kappa shape index (κ2) is 9.01. The molecule has 0 aromatic rings. The summed E-state index contributed by atoms with van der Waals surface area (Å²) in [6.07, 6.45) is 9.41. The van der Waals surface area contributed by atoms with Crippen LogP contribution in [0.15, 0.2) is 0 Å². The van der Waals surface area contributed by atoms with Crippen molar-refractivity contribution in [3.63, 3.8) is 0 Å². The minimum atomic E-state index is 0.765. The van der Waals surface area contributed by atoms with Gasteiger partial charge in [0.05, 0.1) is 0 Å². The highest BCUT2D eigenvalue weighted by molar-refractivity contribution is 4.83. The predicted molar refractivity (Wildman–Crippen MR) is 85.1 cm³/mol. The molecule has 1 N–H and O–H groups in total. The van der Waals surface area contributed by atoms with Crippen LogP contribution < -0.4 is 5.32 Å². The first-order valence-electron chi connectivity index (χ1n) is 8.79. The maximum atomic E-state index is 5.46. The number of ether oxygens (including phenoxy) is 1. The summed E-state index contributed by atoms with van der Waals surface area (Å²) in [6.45, 7) is 7.94. The van der Waals surface area contributed by atoms with Gasteiger partial charge in [-0.05, 0) is 57.5 Å². The molecule has 1 aliphatic heterocycles. The summed E-state index contributed by atoms with van der Waals surface area (Å²) in [4.78, 5) is 2.59. The summed E-state index contributed by atoms with van der Waals surface area (Å²) in [7, 11) is 2.32. The van der Waals surface area contributed by atoms with Crippen molar-refractivity contribution in [3.8, 4) is 0 Å². The Hall–Kier alpha value is -0.120. The minimum Gasteiger partial charge on any atom is -0.381 e. The lowest BCUT2D eigenvalue weighted by atomic mass is 9.84. The lowest BCUT2D eigenvalue weighted by Crippen LogP contribution is -2.44. The lowest BCUT2D eigenvalue weighted by Gasteiger charge is -2.36. The molecule has 0 spiro atoms. The van der Waals surface area contributed by atoms with Crippen LogP contribution in [0.5, 0.6) is 0 Å². The van der Waals surface area contributed by atoms with Crippen molar-refractivity contribution in [3.05, 3.63) is 0 Å². The molecule has 1 saturated carbocycles. The zero-order chi connectivity index (χ0) is 14.2. The highest BCUT2D eigenvalue weighted by Gasteiger charge is 2.26. The average Bonchev–Trinajstić information content (AvgIpc) is 2.47. The standard InChI is InChI=1S/C17H34N2O/c1-3-10-18-17-7-5-4-6-16(17)14-19(2)13-15-8-11-20-12-9-15/h15-18H,3-14H2,1-2H3.